The molecule has 0 bridgehead atoms. The Hall–Kier alpha value is -2.35. The van der Waals surface area contributed by atoms with Gasteiger partial charge in [-0.05, 0) is 12.5 Å². The molecule has 0 radical (unpaired) electrons. The zero-order chi connectivity index (χ0) is 17.6. The van der Waals surface area contributed by atoms with Crippen LogP contribution in [0.4, 0.5) is 10.5 Å². The number of benzene rings is 1. The van der Waals surface area contributed by atoms with Crippen LogP contribution in [0.1, 0.15) is 18.5 Å². The first kappa shape index (κ1) is 18.7. The quantitative estimate of drug-likeness (QED) is 0.465. The highest BCUT2D eigenvalue weighted by molar-refractivity contribution is 6.27. The summed E-state index contributed by atoms with van der Waals surface area (Å²) in [5.74, 6) is -0.565. The van der Waals surface area contributed by atoms with E-state index >= 15 is 0 Å². The number of nitro benzene ring substituents is 1. The van der Waals surface area contributed by atoms with E-state index in [1.54, 1.807) is 19.1 Å². The second kappa shape index (κ2) is 8.33. The molecule has 1 N–H and O–H groups in total. The van der Waals surface area contributed by atoms with Gasteiger partial charge in [0, 0.05) is 32.3 Å². The number of nitro groups is 1. The fourth-order valence-electron chi connectivity index (χ4n) is 2.02. The number of amides is 2. The van der Waals surface area contributed by atoms with Gasteiger partial charge >= 0.3 is 6.09 Å². The maximum Gasteiger partial charge on any atom is 0.407 e. The van der Waals surface area contributed by atoms with Gasteiger partial charge in [0.25, 0.3) is 5.69 Å². The molecule has 1 aromatic rings. The zero-order valence-corrected chi connectivity index (χ0v) is 13.6. The summed E-state index contributed by atoms with van der Waals surface area (Å²) in [7, 11) is 1.40. The van der Waals surface area contributed by atoms with E-state index in [4.69, 9.17) is 16.7 Å². The molecule has 1 atom stereocenters. The van der Waals surface area contributed by atoms with E-state index in [2.05, 4.69) is 0 Å². The van der Waals surface area contributed by atoms with Gasteiger partial charge in [0.05, 0.1) is 11.0 Å². The Kier molecular flexibility index (Phi) is 6.77. The number of non-ortho nitro benzene ring substituents is 1. The first-order chi connectivity index (χ1) is 10.8. The Labute approximate surface area is 138 Å². The summed E-state index contributed by atoms with van der Waals surface area (Å²) < 4.78 is 0. The predicted octanol–water partition coefficient (Wildman–Crippen LogP) is 2.33. The van der Waals surface area contributed by atoms with Crippen LogP contribution in [0.5, 0.6) is 0 Å². The topological polar surface area (TPSA) is 104 Å². The Bertz CT molecular complexity index is 578. The number of carbonyl (C=O) groups is 2. The molecule has 0 fully saturated rings. The number of halogens is 1. The highest BCUT2D eigenvalue weighted by Crippen LogP contribution is 2.23. The van der Waals surface area contributed by atoms with Crippen molar-refractivity contribution in [2.75, 3.05) is 26.0 Å². The van der Waals surface area contributed by atoms with Crippen LogP contribution in [0.3, 0.4) is 0 Å². The van der Waals surface area contributed by atoms with E-state index in [1.807, 2.05) is 0 Å². The smallest absolute Gasteiger partial charge is 0.407 e. The van der Waals surface area contributed by atoms with Crippen molar-refractivity contribution in [3.8, 4) is 0 Å². The van der Waals surface area contributed by atoms with Gasteiger partial charge in [-0.1, -0.05) is 12.1 Å². The number of carbonyl (C=O) groups excluding carboxylic acids is 1. The monoisotopic (exact) mass is 343 g/mol. The lowest BCUT2D eigenvalue weighted by Gasteiger charge is -2.30. The molecule has 2 amide bonds. The fraction of sp³-hybridized carbons (Fsp3) is 0.429. The Balaban J connectivity index is 2.90. The van der Waals surface area contributed by atoms with Gasteiger partial charge in [-0.3, -0.25) is 14.9 Å². The number of hydrogen-bond acceptors (Lipinski definition) is 4. The summed E-state index contributed by atoms with van der Waals surface area (Å²) in [6.07, 6.45) is -1.09. The second-order valence-corrected chi connectivity index (χ2v) is 5.22. The number of carboxylic acid groups (broad SMARTS) is 1. The van der Waals surface area contributed by atoms with E-state index < -0.39 is 11.0 Å². The minimum atomic E-state index is -1.09. The lowest BCUT2D eigenvalue weighted by Crippen LogP contribution is -2.41. The summed E-state index contributed by atoms with van der Waals surface area (Å²) in [6.45, 7) is 2.06. The summed E-state index contributed by atoms with van der Waals surface area (Å²) in [5.41, 5.74) is 0.661. The number of rotatable bonds is 7. The van der Waals surface area contributed by atoms with E-state index in [-0.39, 0.29) is 36.6 Å². The predicted molar refractivity (Wildman–Crippen MR) is 84.6 cm³/mol. The molecule has 0 aliphatic rings. The maximum absolute atomic E-state index is 12.0. The van der Waals surface area contributed by atoms with Crippen molar-refractivity contribution in [1.29, 1.82) is 0 Å². The van der Waals surface area contributed by atoms with Crippen molar-refractivity contribution in [2.45, 2.75) is 13.0 Å². The van der Waals surface area contributed by atoms with E-state index in [1.165, 1.54) is 24.1 Å². The van der Waals surface area contributed by atoms with Crippen molar-refractivity contribution in [1.82, 2.24) is 9.80 Å². The average Bonchev–Trinajstić information content (AvgIpc) is 2.54. The molecule has 1 rings (SSSR count). The van der Waals surface area contributed by atoms with Crippen LogP contribution in [0.25, 0.3) is 0 Å². The van der Waals surface area contributed by atoms with Gasteiger partial charge in [-0.2, -0.15) is 0 Å². The third-order valence-corrected chi connectivity index (χ3v) is 3.72. The van der Waals surface area contributed by atoms with Crippen LogP contribution in [0.2, 0.25) is 0 Å². The van der Waals surface area contributed by atoms with Gasteiger partial charge in [0.2, 0.25) is 5.91 Å². The molecule has 1 unspecified atom stereocenters. The number of hydrogen-bond donors (Lipinski definition) is 1. The molecule has 0 saturated heterocycles. The van der Waals surface area contributed by atoms with Crippen LogP contribution in [-0.2, 0) is 4.79 Å². The number of likely N-dealkylation sites (N-methyl/N-ethyl adjacent to an activating group) is 1. The zero-order valence-electron chi connectivity index (χ0n) is 12.8. The van der Waals surface area contributed by atoms with Crippen LogP contribution >= 0.6 is 11.6 Å². The molecule has 0 aromatic heterocycles. The largest absolute Gasteiger partial charge is 0.465 e. The molecular formula is C14H18ClN3O5. The normalized spacial score (nSPS) is 11.6. The molecule has 0 spiro atoms. The third kappa shape index (κ3) is 5.10. The molecule has 0 aliphatic carbocycles. The molecule has 0 aliphatic heterocycles. The van der Waals surface area contributed by atoms with Crippen molar-refractivity contribution in [3.05, 3.63) is 39.9 Å². The molecule has 126 valence electrons. The van der Waals surface area contributed by atoms with Crippen LogP contribution in [-0.4, -0.2) is 57.8 Å². The Morgan fingerprint density at radius 1 is 1.30 bits per heavy atom. The average molecular weight is 344 g/mol. The Morgan fingerprint density at radius 3 is 2.30 bits per heavy atom. The lowest BCUT2D eigenvalue weighted by molar-refractivity contribution is -0.384. The molecule has 9 heteroatoms. The summed E-state index contributed by atoms with van der Waals surface area (Å²) >= 11 is 5.61. The van der Waals surface area contributed by atoms with Crippen molar-refractivity contribution >= 4 is 29.3 Å². The van der Waals surface area contributed by atoms with Crippen LogP contribution < -0.4 is 0 Å². The minimum Gasteiger partial charge on any atom is -0.465 e. The SMILES string of the molecule is CC(c1ccc([N+](=O)[O-])cc1)N(CCN(C)C(=O)O)C(=O)CCl. The van der Waals surface area contributed by atoms with Gasteiger partial charge in [-0.15, -0.1) is 11.6 Å². The first-order valence-corrected chi connectivity index (χ1v) is 7.35. The highest BCUT2D eigenvalue weighted by atomic mass is 35.5. The van der Waals surface area contributed by atoms with Gasteiger partial charge in [0.1, 0.15) is 5.88 Å². The maximum atomic E-state index is 12.0. The number of alkyl halides is 1. The third-order valence-electron chi connectivity index (χ3n) is 3.49. The summed E-state index contributed by atoms with van der Waals surface area (Å²) in [4.78, 5) is 35.5. The van der Waals surface area contributed by atoms with E-state index in [9.17, 15) is 19.7 Å². The summed E-state index contributed by atoms with van der Waals surface area (Å²) in [6, 6.07) is 5.47. The minimum absolute atomic E-state index is 0.0400. The standard InChI is InChI=1S/C14H18ClN3O5/c1-10(11-3-5-12(6-4-11)18(22)23)17(13(19)9-15)8-7-16(2)14(20)21/h3-6,10H,7-9H2,1-2H3,(H,20,21). The molecule has 0 saturated carbocycles. The van der Waals surface area contributed by atoms with Crippen molar-refractivity contribution in [3.63, 3.8) is 0 Å². The Morgan fingerprint density at radius 2 is 1.87 bits per heavy atom. The molecule has 23 heavy (non-hydrogen) atoms. The summed E-state index contributed by atoms with van der Waals surface area (Å²) in [5, 5.41) is 19.5. The molecule has 8 nitrogen and oxygen atoms in total. The van der Waals surface area contributed by atoms with E-state index in [0.29, 0.717) is 5.56 Å². The highest BCUT2D eigenvalue weighted by Gasteiger charge is 2.22. The lowest BCUT2D eigenvalue weighted by atomic mass is 10.1. The van der Waals surface area contributed by atoms with Gasteiger partial charge in [-0.25, -0.2) is 4.79 Å². The molecular weight excluding hydrogens is 326 g/mol. The van der Waals surface area contributed by atoms with Crippen molar-refractivity contribution < 1.29 is 19.6 Å². The van der Waals surface area contributed by atoms with E-state index in [0.717, 1.165) is 4.90 Å². The van der Waals surface area contributed by atoms with Gasteiger partial charge < -0.3 is 14.9 Å². The van der Waals surface area contributed by atoms with Crippen LogP contribution in [0, 0.1) is 10.1 Å². The molecule has 1 aromatic carbocycles. The number of nitrogens with zero attached hydrogens (tertiary/aromatic N) is 3. The van der Waals surface area contributed by atoms with Gasteiger partial charge in [0.15, 0.2) is 0 Å². The van der Waals surface area contributed by atoms with Crippen molar-refractivity contribution in [2.24, 2.45) is 0 Å². The fourth-order valence-corrected chi connectivity index (χ4v) is 2.17. The van der Waals surface area contributed by atoms with Crippen LogP contribution in [0.15, 0.2) is 24.3 Å². The second-order valence-electron chi connectivity index (χ2n) is 4.95. The first-order valence-electron chi connectivity index (χ1n) is 6.81. The molecule has 0 heterocycles.